The second-order valence-corrected chi connectivity index (χ2v) is 6.66. The number of carbonyl (C=O) groups is 1. The number of hydrogen-bond acceptors (Lipinski definition) is 3. The first kappa shape index (κ1) is 17.0. The van der Waals surface area contributed by atoms with Gasteiger partial charge < -0.3 is 0 Å². The maximum Gasteiger partial charge on any atom is 0.168 e. The van der Waals surface area contributed by atoms with Crippen LogP contribution < -0.4 is 0 Å². The Hall–Kier alpha value is -1.33. The average Bonchev–Trinajstić information content (AvgIpc) is 3.09. The maximum atomic E-state index is 13.2. The summed E-state index contributed by atoms with van der Waals surface area (Å²) in [4.78, 5) is 16.5. The lowest BCUT2D eigenvalue weighted by Gasteiger charge is -2.28. The predicted octanol–water partition coefficient (Wildman–Crippen LogP) is 3.69. The number of hydrogen-bond donors (Lipinski definition) is 0. The minimum atomic E-state index is -1.58. The Balaban J connectivity index is 2.08. The van der Waals surface area contributed by atoms with E-state index in [9.17, 15) is 13.6 Å². The van der Waals surface area contributed by atoms with Gasteiger partial charge in [0.05, 0.1) is 5.41 Å². The van der Waals surface area contributed by atoms with Crippen molar-refractivity contribution in [3.05, 3.63) is 12.7 Å². The zero-order valence-electron chi connectivity index (χ0n) is 13.2. The van der Waals surface area contributed by atoms with Crippen LogP contribution in [0.1, 0.15) is 57.9 Å². The second kappa shape index (κ2) is 7.79. The zero-order chi connectivity index (χ0) is 16.0. The van der Waals surface area contributed by atoms with Crippen molar-refractivity contribution in [3.63, 3.8) is 0 Å². The van der Waals surface area contributed by atoms with Gasteiger partial charge in [-0.2, -0.15) is 5.10 Å². The predicted molar refractivity (Wildman–Crippen MR) is 79.9 cm³/mol. The third-order valence-corrected chi connectivity index (χ3v) is 4.82. The minimum Gasteiger partial charge on any atom is -0.296 e. The van der Waals surface area contributed by atoms with E-state index in [1.165, 1.54) is 56.4 Å². The molecule has 1 saturated carbocycles. The molecule has 4 nitrogen and oxygen atoms in total. The van der Waals surface area contributed by atoms with Crippen molar-refractivity contribution >= 4 is 5.78 Å². The molecule has 1 atom stereocenters. The molecule has 22 heavy (non-hydrogen) atoms. The van der Waals surface area contributed by atoms with Gasteiger partial charge in [-0.15, -0.1) is 0 Å². The summed E-state index contributed by atoms with van der Waals surface area (Å²) in [6.45, 7) is -0.631. The number of aromatic nitrogens is 3. The zero-order valence-corrected chi connectivity index (χ0v) is 13.2. The third-order valence-electron chi connectivity index (χ3n) is 4.82. The Morgan fingerprint density at radius 2 is 2.00 bits per heavy atom. The fourth-order valence-corrected chi connectivity index (χ4v) is 3.20. The van der Waals surface area contributed by atoms with Gasteiger partial charge in [0.15, 0.2) is 5.78 Å². The van der Waals surface area contributed by atoms with Crippen LogP contribution in [0, 0.1) is 11.3 Å². The molecule has 0 aliphatic heterocycles. The molecule has 0 aromatic carbocycles. The van der Waals surface area contributed by atoms with E-state index in [0.717, 1.165) is 6.42 Å². The number of rotatable bonds is 8. The van der Waals surface area contributed by atoms with Crippen LogP contribution in [0.15, 0.2) is 12.7 Å². The molecule has 1 heterocycles. The number of Topliss-reactive ketones (excluding diaryl/α,β-unsaturated/α-hetero) is 1. The van der Waals surface area contributed by atoms with E-state index < -0.39 is 30.6 Å². The quantitative estimate of drug-likeness (QED) is 0.735. The molecule has 1 fully saturated rings. The summed E-state index contributed by atoms with van der Waals surface area (Å²) < 4.78 is 27.8. The largest absolute Gasteiger partial charge is 0.296 e. The van der Waals surface area contributed by atoms with Crippen LogP contribution in [0.5, 0.6) is 0 Å². The van der Waals surface area contributed by atoms with Gasteiger partial charge >= 0.3 is 0 Å². The number of halogens is 2. The van der Waals surface area contributed by atoms with Gasteiger partial charge in [-0.25, -0.2) is 18.4 Å². The van der Waals surface area contributed by atoms with Gasteiger partial charge in [-0.3, -0.25) is 4.79 Å². The SMILES string of the molecule is CC(CF)(CF)C(=O)C(CCC1CCCCC1)n1cncn1. The normalized spacial score (nSPS) is 18.3. The van der Waals surface area contributed by atoms with Crippen LogP contribution >= 0.6 is 0 Å². The van der Waals surface area contributed by atoms with Gasteiger partial charge in [0.1, 0.15) is 32.0 Å². The molecular formula is C16H25F2N3O. The molecule has 1 unspecified atom stereocenters. The van der Waals surface area contributed by atoms with Crippen molar-refractivity contribution in [3.8, 4) is 0 Å². The van der Waals surface area contributed by atoms with Crippen LogP contribution in [-0.4, -0.2) is 33.9 Å². The van der Waals surface area contributed by atoms with Gasteiger partial charge in [0.25, 0.3) is 0 Å². The summed E-state index contributed by atoms with van der Waals surface area (Å²) >= 11 is 0. The molecule has 0 N–H and O–H groups in total. The molecule has 0 amide bonds. The second-order valence-electron chi connectivity index (χ2n) is 6.66. The lowest BCUT2D eigenvalue weighted by atomic mass is 9.80. The highest BCUT2D eigenvalue weighted by atomic mass is 19.1. The summed E-state index contributed by atoms with van der Waals surface area (Å²) in [6.07, 6.45) is 10.4. The van der Waals surface area contributed by atoms with Crippen LogP contribution in [0.2, 0.25) is 0 Å². The van der Waals surface area contributed by atoms with Crippen LogP contribution in [0.3, 0.4) is 0 Å². The van der Waals surface area contributed by atoms with E-state index in [0.29, 0.717) is 12.3 Å². The van der Waals surface area contributed by atoms with Crippen LogP contribution in [0.4, 0.5) is 8.78 Å². The molecule has 0 bridgehead atoms. The van der Waals surface area contributed by atoms with E-state index >= 15 is 0 Å². The van der Waals surface area contributed by atoms with Crippen molar-refractivity contribution in [1.29, 1.82) is 0 Å². The Bertz CT molecular complexity index is 454. The monoisotopic (exact) mass is 313 g/mol. The fourth-order valence-electron chi connectivity index (χ4n) is 3.20. The van der Waals surface area contributed by atoms with E-state index in [-0.39, 0.29) is 0 Å². The van der Waals surface area contributed by atoms with Crippen LogP contribution in [0.25, 0.3) is 0 Å². The van der Waals surface area contributed by atoms with Crippen molar-refractivity contribution in [2.24, 2.45) is 11.3 Å². The van der Waals surface area contributed by atoms with E-state index in [1.54, 1.807) is 0 Å². The third kappa shape index (κ3) is 3.90. The summed E-state index contributed by atoms with van der Waals surface area (Å²) in [5.41, 5.74) is -1.58. The van der Waals surface area contributed by atoms with E-state index in [2.05, 4.69) is 10.1 Å². The van der Waals surface area contributed by atoms with E-state index in [1.807, 2.05) is 0 Å². The van der Waals surface area contributed by atoms with Crippen molar-refractivity contribution in [2.45, 2.75) is 57.9 Å². The lowest BCUT2D eigenvalue weighted by molar-refractivity contribution is -0.133. The number of ketones is 1. The minimum absolute atomic E-state index is 0.418. The molecule has 0 saturated heterocycles. The number of alkyl halides is 2. The molecule has 0 radical (unpaired) electrons. The highest BCUT2D eigenvalue weighted by Gasteiger charge is 2.39. The summed E-state index contributed by atoms with van der Waals surface area (Å²) in [6, 6.07) is -0.624. The highest BCUT2D eigenvalue weighted by molar-refractivity contribution is 5.88. The summed E-state index contributed by atoms with van der Waals surface area (Å²) in [7, 11) is 0. The van der Waals surface area contributed by atoms with E-state index in [4.69, 9.17) is 0 Å². The standard InChI is InChI=1S/C16H25F2N3O/c1-16(9-17,10-18)15(22)14(21-12-19-11-20-21)8-7-13-5-3-2-4-6-13/h11-14H,2-10H2,1H3. The first-order valence-corrected chi connectivity index (χ1v) is 8.11. The van der Waals surface area contributed by atoms with Gasteiger partial charge in [0.2, 0.25) is 0 Å². The number of nitrogens with zero attached hydrogens (tertiary/aromatic N) is 3. The topological polar surface area (TPSA) is 47.8 Å². The molecule has 1 aliphatic rings. The first-order chi connectivity index (χ1) is 10.6. The Kier molecular flexibility index (Phi) is 6.03. The molecule has 1 aromatic heterocycles. The highest BCUT2D eigenvalue weighted by Crippen LogP contribution is 2.33. The smallest absolute Gasteiger partial charge is 0.168 e. The summed E-state index contributed by atoms with van der Waals surface area (Å²) in [5.74, 6) is 0.188. The van der Waals surface area contributed by atoms with Crippen molar-refractivity contribution in [2.75, 3.05) is 13.3 Å². The van der Waals surface area contributed by atoms with Crippen molar-refractivity contribution < 1.29 is 13.6 Å². The molecular weight excluding hydrogens is 288 g/mol. The first-order valence-electron chi connectivity index (χ1n) is 8.11. The maximum absolute atomic E-state index is 13.2. The molecule has 1 aromatic rings. The van der Waals surface area contributed by atoms with Gasteiger partial charge in [-0.1, -0.05) is 32.1 Å². The Morgan fingerprint density at radius 1 is 1.32 bits per heavy atom. The molecule has 2 rings (SSSR count). The summed E-state index contributed by atoms with van der Waals surface area (Å²) in [5, 5.41) is 4.02. The Morgan fingerprint density at radius 3 is 2.55 bits per heavy atom. The van der Waals surface area contributed by atoms with Gasteiger partial charge in [-0.05, 0) is 25.7 Å². The van der Waals surface area contributed by atoms with Crippen molar-refractivity contribution in [1.82, 2.24) is 14.8 Å². The molecule has 1 aliphatic carbocycles. The fraction of sp³-hybridized carbons (Fsp3) is 0.812. The molecule has 6 heteroatoms. The Labute approximate surface area is 130 Å². The van der Waals surface area contributed by atoms with Gasteiger partial charge in [0, 0.05) is 0 Å². The number of carbonyl (C=O) groups excluding carboxylic acids is 1. The molecule has 124 valence electrons. The van der Waals surface area contributed by atoms with Crippen LogP contribution in [-0.2, 0) is 4.79 Å². The molecule has 0 spiro atoms. The average molecular weight is 313 g/mol. The lowest BCUT2D eigenvalue weighted by Crippen LogP contribution is -2.39.